The van der Waals surface area contributed by atoms with Crippen molar-refractivity contribution in [3.8, 4) is 11.1 Å². The normalized spacial score (nSPS) is 21.3. The van der Waals surface area contributed by atoms with Gasteiger partial charge in [0.25, 0.3) is 0 Å². The summed E-state index contributed by atoms with van der Waals surface area (Å²) >= 11 is 3.45. The number of nitrogens with zero attached hydrogens (tertiary/aromatic N) is 1. The lowest BCUT2D eigenvalue weighted by atomic mass is 9.85. The summed E-state index contributed by atoms with van der Waals surface area (Å²) in [6, 6.07) is 8.56. The predicted molar refractivity (Wildman–Crippen MR) is 102 cm³/mol. The maximum Gasteiger partial charge on any atom is 0.230 e. The molecule has 0 aliphatic carbocycles. The standard InChI is InChI=1S/C19H18N2OS2/c1-12-20-19(2,9-17(22)21(12)3)16-11-24-18-14(5-4-6-15(16)18)13-7-8-23-10-13/h4-8,10-11,20H,1,9H2,2-3H3/t19-/m0/s1. The van der Waals surface area contributed by atoms with Crippen LogP contribution in [0.5, 0.6) is 0 Å². The van der Waals surface area contributed by atoms with E-state index in [2.05, 4.69) is 59.2 Å². The van der Waals surface area contributed by atoms with Gasteiger partial charge in [-0.3, -0.25) is 4.79 Å². The molecule has 1 aliphatic rings. The fourth-order valence-electron chi connectivity index (χ4n) is 3.31. The fourth-order valence-corrected chi connectivity index (χ4v) is 5.21. The second-order valence-electron chi connectivity index (χ2n) is 6.38. The van der Waals surface area contributed by atoms with Gasteiger partial charge < -0.3 is 10.2 Å². The second kappa shape index (κ2) is 5.46. The molecule has 1 fully saturated rings. The number of carbonyl (C=O) groups excluding carboxylic acids is 1. The van der Waals surface area contributed by atoms with E-state index in [1.807, 2.05) is 0 Å². The van der Waals surface area contributed by atoms with Crippen LogP contribution >= 0.6 is 22.7 Å². The van der Waals surface area contributed by atoms with E-state index < -0.39 is 5.54 Å². The van der Waals surface area contributed by atoms with Crippen LogP contribution in [0.2, 0.25) is 0 Å². The zero-order valence-corrected chi connectivity index (χ0v) is 15.3. The molecular weight excluding hydrogens is 336 g/mol. The number of nitrogens with one attached hydrogen (secondary N) is 1. The number of fused-ring (bicyclic) bond motifs is 1. The zero-order chi connectivity index (χ0) is 16.9. The van der Waals surface area contributed by atoms with Gasteiger partial charge in [0.05, 0.1) is 12.0 Å². The molecule has 0 saturated carbocycles. The van der Waals surface area contributed by atoms with Crippen LogP contribution in [-0.4, -0.2) is 17.9 Å². The quantitative estimate of drug-likeness (QED) is 0.719. The van der Waals surface area contributed by atoms with Gasteiger partial charge in [0.1, 0.15) is 5.82 Å². The van der Waals surface area contributed by atoms with E-state index in [-0.39, 0.29) is 5.91 Å². The SMILES string of the molecule is C=C1N[C@](C)(c2csc3c(-c4ccsc4)cccc23)CC(=O)N1C. The Kier molecular flexibility index (Phi) is 3.51. The molecule has 0 unspecified atom stereocenters. The Balaban J connectivity index is 1.85. The van der Waals surface area contributed by atoms with Crippen LogP contribution in [0, 0.1) is 0 Å². The van der Waals surface area contributed by atoms with Gasteiger partial charge in [-0.25, -0.2) is 0 Å². The van der Waals surface area contributed by atoms with E-state index in [9.17, 15) is 4.79 Å². The van der Waals surface area contributed by atoms with E-state index in [1.165, 1.54) is 26.8 Å². The second-order valence-corrected chi connectivity index (χ2v) is 8.04. The molecule has 122 valence electrons. The van der Waals surface area contributed by atoms with Crippen LogP contribution in [0.15, 0.2) is 52.8 Å². The molecule has 3 aromatic rings. The van der Waals surface area contributed by atoms with E-state index >= 15 is 0 Å². The molecule has 4 rings (SSSR count). The smallest absolute Gasteiger partial charge is 0.230 e. The highest BCUT2D eigenvalue weighted by Gasteiger charge is 2.38. The largest absolute Gasteiger partial charge is 0.362 e. The Hall–Kier alpha value is -2.11. The topological polar surface area (TPSA) is 32.3 Å². The Morgan fingerprint density at radius 1 is 1.29 bits per heavy atom. The van der Waals surface area contributed by atoms with Crippen molar-refractivity contribution >= 4 is 38.7 Å². The van der Waals surface area contributed by atoms with Gasteiger partial charge in [0, 0.05) is 17.3 Å². The fraction of sp³-hybridized carbons (Fsp3) is 0.211. The first-order chi connectivity index (χ1) is 11.5. The highest BCUT2D eigenvalue weighted by molar-refractivity contribution is 7.18. The first-order valence-corrected chi connectivity index (χ1v) is 9.59. The average Bonchev–Trinajstić information content (AvgIpc) is 3.21. The number of thiophene rings is 2. The third-order valence-corrected chi connectivity index (χ3v) is 6.44. The minimum Gasteiger partial charge on any atom is -0.362 e. The summed E-state index contributed by atoms with van der Waals surface area (Å²) in [6.07, 6.45) is 0.428. The molecule has 1 aromatic carbocycles. The molecule has 1 saturated heterocycles. The van der Waals surface area contributed by atoms with Gasteiger partial charge in [-0.05, 0) is 45.6 Å². The third-order valence-electron chi connectivity index (χ3n) is 4.73. The van der Waals surface area contributed by atoms with Gasteiger partial charge in [-0.15, -0.1) is 11.3 Å². The van der Waals surface area contributed by atoms with Crippen molar-refractivity contribution in [3.05, 3.63) is 58.4 Å². The van der Waals surface area contributed by atoms with Crippen molar-refractivity contribution in [2.75, 3.05) is 7.05 Å². The molecule has 0 spiro atoms. The van der Waals surface area contributed by atoms with Crippen molar-refractivity contribution in [2.24, 2.45) is 0 Å². The molecule has 24 heavy (non-hydrogen) atoms. The minimum atomic E-state index is -0.424. The van der Waals surface area contributed by atoms with Gasteiger partial charge in [-0.1, -0.05) is 24.8 Å². The van der Waals surface area contributed by atoms with Gasteiger partial charge >= 0.3 is 0 Å². The van der Waals surface area contributed by atoms with Crippen molar-refractivity contribution in [1.82, 2.24) is 10.2 Å². The first-order valence-electron chi connectivity index (χ1n) is 7.76. The van der Waals surface area contributed by atoms with Gasteiger partial charge in [0.15, 0.2) is 0 Å². The van der Waals surface area contributed by atoms with Crippen molar-refractivity contribution < 1.29 is 4.79 Å². The molecule has 3 heterocycles. The lowest BCUT2D eigenvalue weighted by Gasteiger charge is -2.40. The molecule has 1 amide bonds. The lowest BCUT2D eigenvalue weighted by Crippen LogP contribution is -2.52. The monoisotopic (exact) mass is 354 g/mol. The van der Waals surface area contributed by atoms with Gasteiger partial charge in [-0.2, -0.15) is 11.3 Å². The summed E-state index contributed by atoms with van der Waals surface area (Å²) < 4.78 is 1.27. The van der Waals surface area contributed by atoms with Crippen molar-refractivity contribution in [1.29, 1.82) is 0 Å². The Morgan fingerprint density at radius 2 is 2.12 bits per heavy atom. The molecule has 1 N–H and O–H groups in total. The summed E-state index contributed by atoms with van der Waals surface area (Å²) in [7, 11) is 1.76. The van der Waals surface area contributed by atoms with E-state index in [0.717, 1.165) is 0 Å². The summed E-state index contributed by atoms with van der Waals surface area (Å²) in [4.78, 5) is 13.9. The Bertz CT molecular complexity index is 922. The van der Waals surface area contributed by atoms with Crippen LogP contribution in [0.4, 0.5) is 0 Å². The highest BCUT2D eigenvalue weighted by atomic mass is 32.1. The molecule has 0 bridgehead atoms. The maximum atomic E-state index is 12.3. The zero-order valence-electron chi connectivity index (χ0n) is 13.6. The summed E-state index contributed by atoms with van der Waals surface area (Å²) in [5, 5.41) is 11.1. The minimum absolute atomic E-state index is 0.0922. The number of amides is 1. The predicted octanol–water partition coefficient (Wildman–Crippen LogP) is 4.77. The van der Waals surface area contributed by atoms with E-state index in [1.54, 1.807) is 34.6 Å². The van der Waals surface area contributed by atoms with Crippen LogP contribution in [0.3, 0.4) is 0 Å². The van der Waals surface area contributed by atoms with Crippen molar-refractivity contribution in [3.63, 3.8) is 0 Å². The summed E-state index contributed by atoms with van der Waals surface area (Å²) in [5.41, 5.74) is 3.25. The molecule has 2 aromatic heterocycles. The molecule has 3 nitrogen and oxygen atoms in total. The number of hydrogen-bond acceptors (Lipinski definition) is 4. The molecule has 1 aliphatic heterocycles. The average molecular weight is 355 g/mol. The Labute approximate surface area is 149 Å². The highest BCUT2D eigenvalue weighted by Crippen LogP contribution is 2.42. The molecular formula is C19H18N2OS2. The van der Waals surface area contributed by atoms with Gasteiger partial charge in [0.2, 0.25) is 5.91 Å². The van der Waals surface area contributed by atoms with Crippen LogP contribution in [0.1, 0.15) is 18.9 Å². The first kappa shape index (κ1) is 15.4. The van der Waals surface area contributed by atoms with E-state index in [4.69, 9.17) is 0 Å². The summed E-state index contributed by atoms with van der Waals surface area (Å²) in [6.45, 7) is 6.07. The van der Waals surface area contributed by atoms with Crippen LogP contribution in [0.25, 0.3) is 21.2 Å². The summed E-state index contributed by atoms with van der Waals surface area (Å²) in [5.74, 6) is 0.747. The number of benzene rings is 1. The molecule has 1 atom stereocenters. The molecule has 5 heteroatoms. The number of hydrogen-bond donors (Lipinski definition) is 1. The lowest BCUT2D eigenvalue weighted by molar-refractivity contribution is -0.132. The number of carbonyl (C=O) groups is 1. The molecule has 0 radical (unpaired) electrons. The van der Waals surface area contributed by atoms with Crippen molar-refractivity contribution in [2.45, 2.75) is 18.9 Å². The number of rotatable bonds is 2. The maximum absolute atomic E-state index is 12.3. The van der Waals surface area contributed by atoms with Crippen LogP contribution in [-0.2, 0) is 10.3 Å². The van der Waals surface area contributed by atoms with Crippen LogP contribution < -0.4 is 5.32 Å². The third kappa shape index (κ3) is 2.27. The van der Waals surface area contributed by atoms with E-state index in [0.29, 0.717) is 12.2 Å². The Morgan fingerprint density at radius 3 is 2.83 bits per heavy atom.